The summed E-state index contributed by atoms with van der Waals surface area (Å²) in [6.45, 7) is 4.89. The van der Waals surface area contributed by atoms with Crippen molar-refractivity contribution in [1.82, 2.24) is 10.2 Å². The van der Waals surface area contributed by atoms with E-state index in [0.717, 1.165) is 32.5 Å². The second-order valence-electron chi connectivity index (χ2n) is 6.29. The molecule has 1 aliphatic carbocycles. The molecule has 2 nitrogen and oxygen atoms in total. The lowest BCUT2D eigenvalue weighted by Crippen LogP contribution is -2.49. The van der Waals surface area contributed by atoms with Gasteiger partial charge in [0, 0.05) is 18.6 Å². The van der Waals surface area contributed by atoms with Crippen LogP contribution in [0.15, 0.2) is 0 Å². The largest absolute Gasteiger partial charge is 0.391 e. The SMILES string of the molecule is CCN(CC1CCCCN1)C1CCCC(C(F)(F)F)C1. The minimum absolute atomic E-state index is 0.115. The predicted octanol–water partition coefficient (Wildman–Crippen LogP) is 3.57. The Morgan fingerprint density at radius 2 is 1.90 bits per heavy atom. The zero-order valence-corrected chi connectivity index (χ0v) is 12.4. The molecule has 2 aliphatic rings. The third-order valence-corrected chi connectivity index (χ3v) is 4.90. The standard InChI is InChI=1S/C15H27F3N2/c1-2-20(11-13-7-3-4-9-19-13)14-8-5-6-12(10-14)15(16,17)18/h12-14,19H,2-11H2,1H3. The van der Waals surface area contributed by atoms with E-state index >= 15 is 0 Å². The van der Waals surface area contributed by atoms with Gasteiger partial charge in [-0.1, -0.05) is 19.8 Å². The Morgan fingerprint density at radius 3 is 2.50 bits per heavy atom. The molecule has 3 atom stereocenters. The Balaban J connectivity index is 1.89. The van der Waals surface area contributed by atoms with Crippen molar-refractivity contribution in [1.29, 1.82) is 0 Å². The molecule has 0 aromatic rings. The fraction of sp³-hybridized carbons (Fsp3) is 1.00. The monoisotopic (exact) mass is 292 g/mol. The molecule has 5 heteroatoms. The molecule has 1 saturated carbocycles. The topological polar surface area (TPSA) is 15.3 Å². The molecule has 0 aromatic heterocycles. The third-order valence-electron chi connectivity index (χ3n) is 4.90. The summed E-state index contributed by atoms with van der Waals surface area (Å²) in [6, 6.07) is 0.582. The van der Waals surface area contributed by atoms with Crippen molar-refractivity contribution in [2.45, 2.75) is 70.1 Å². The summed E-state index contributed by atoms with van der Waals surface area (Å²) in [5.41, 5.74) is 0. The van der Waals surface area contributed by atoms with Gasteiger partial charge < -0.3 is 5.32 Å². The van der Waals surface area contributed by atoms with Gasteiger partial charge in [0.15, 0.2) is 0 Å². The molecular formula is C15H27F3N2. The molecule has 1 N–H and O–H groups in total. The van der Waals surface area contributed by atoms with Gasteiger partial charge in [-0.25, -0.2) is 0 Å². The number of likely N-dealkylation sites (N-methyl/N-ethyl adjacent to an activating group) is 1. The van der Waals surface area contributed by atoms with Crippen LogP contribution < -0.4 is 5.32 Å². The molecule has 1 saturated heterocycles. The number of hydrogen-bond donors (Lipinski definition) is 1. The highest BCUT2D eigenvalue weighted by Crippen LogP contribution is 2.39. The first-order valence-electron chi connectivity index (χ1n) is 8.05. The van der Waals surface area contributed by atoms with E-state index in [-0.39, 0.29) is 6.04 Å². The summed E-state index contributed by atoms with van der Waals surface area (Å²) < 4.78 is 38.7. The Morgan fingerprint density at radius 1 is 1.10 bits per heavy atom. The van der Waals surface area contributed by atoms with Crippen LogP contribution in [0.3, 0.4) is 0 Å². The minimum atomic E-state index is -4.01. The molecule has 118 valence electrons. The highest BCUT2D eigenvalue weighted by Gasteiger charge is 2.43. The highest BCUT2D eigenvalue weighted by atomic mass is 19.4. The number of halogens is 3. The lowest BCUT2D eigenvalue weighted by Gasteiger charge is -2.40. The summed E-state index contributed by atoms with van der Waals surface area (Å²) in [5, 5.41) is 3.50. The zero-order valence-electron chi connectivity index (χ0n) is 12.4. The molecule has 0 amide bonds. The van der Waals surface area contributed by atoms with E-state index in [1.165, 1.54) is 12.8 Å². The average Bonchev–Trinajstić information content (AvgIpc) is 2.45. The molecule has 0 spiro atoms. The van der Waals surface area contributed by atoms with Crippen LogP contribution in [-0.4, -0.2) is 42.8 Å². The summed E-state index contributed by atoms with van der Waals surface area (Å²) in [6.07, 6.45) is 1.86. The van der Waals surface area contributed by atoms with Crippen LogP contribution in [0.1, 0.15) is 51.9 Å². The summed E-state index contributed by atoms with van der Waals surface area (Å²) >= 11 is 0. The normalized spacial score (nSPS) is 32.5. The Labute approximate surface area is 120 Å². The Kier molecular flexibility index (Phi) is 5.73. The molecule has 20 heavy (non-hydrogen) atoms. The maximum absolute atomic E-state index is 12.9. The second-order valence-corrected chi connectivity index (χ2v) is 6.29. The van der Waals surface area contributed by atoms with E-state index in [1.54, 1.807) is 0 Å². The van der Waals surface area contributed by atoms with Gasteiger partial charge in [0.25, 0.3) is 0 Å². The maximum Gasteiger partial charge on any atom is 0.391 e. The molecule has 1 aliphatic heterocycles. The smallest absolute Gasteiger partial charge is 0.313 e. The average molecular weight is 292 g/mol. The van der Waals surface area contributed by atoms with Crippen LogP contribution in [0.25, 0.3) is 0 Å². The maximum atomic E-state index is 12.9. The molecule has 0 aromatic carbocycles. The third kappa shape index (κ3) is 4.35. The first-order chi connectivity index (χ1) is 9.50. The lowest BCUT2D eigenvalue weighted by molar-refractivity contribution is -0.186. The number of piperidine rings is 1. The van der Waals surface area contributed by atoms with Crippen LogP contribution >= 0.6 is 0 Å². The Bertz CT molecular complexity index is 287. The summed E-state index contributed by atoms with van der Waals surface area (Å²) in [5.74, 6) is -1.09. The number of rotatable bonds is 4. The minimum Gasteiger partial charge on any atom is -0.313 e. The molecule has 0 radical (unpaired) electrons. The quantitative estimate of drug-likeness (QED) is 0.852. The first-order valence-corrected chi connectivity index (χ1v) is 8.05. The molecule has 3 unspecified atom stereocenters. The van der Waals surface area contributed by atoms with Crippen molar-refractivity contribution < 1.29 is 13.2 Å². The van der Waals surface area contributed by atoms with E-state index in [9.17, 15) is 13.2 Å². The fourth-order valence-electron chi connectivity index (χ4n) is 3.69. The fourth-order valence-corrected chi connectivity index (χ4v) is 3.69. The summed E-state index contributed by atoms with van der Waals surface area (Å²) in [7, 11) is 0. The molecule has 2 fully saturated rings. The molecular weight excluding hydrogens is 265 g/mol. The summed E-state index contributed by atoms with van der Waals surface area (Å²) in [4.78, 5) is 2.28. The van der Waals surface area contributed by atoms with Crippen molar-refractivity contribution >= 4 is 0 Å². The van der Waals surface area contributed by atoms with Crippen molar-refractivity contribution in [3.63, 3.8) is 0 Å². The predicted molar refractivity (Wildman–Crippen MR) is 74.7 cm³/mol. The van der Waals surface area contributed by atoms with Gasteiger partial charge in [0.2, 0.25) is 0 Å². The van der Waals surface area contributed by atoms with E-state index in [2.05, 4.69) is 17.1 Å². The van der Waals surface area contributed by atoms with Crippen LogP contribution in [-0.2, 0) is 0 Å². The highest BCUT2D eigenvalue weighted by molar-refractivity contribution is 4.86. The van der Waals surface area contributed by atoms with Crippen LogP contribution in [0.2, 0.25) is 0 Å². The van der Waals surface area contributed by atoms with Crippen molar-refractivity contribution in [3.05, 3.63) is 0 Å². The molecule has 2 rings (SSSR count). The van der Waals surface area contributed by atoms with Crippen molar-refractivity contribution in [2.24, 2.45) is 5.92 Å². The first kappa shape index (κ1) is 16.1. The van der Waals surface area contributed by atoms with Gasteiger partial charge in [-0.2, -0.15) is 13.2 Å². The van der Waals surface area contributed by atoms with Crippen LogP contribution in [0.4, 0.5) is 13.2 Å². The van der Waals surface area contributed by atoms with Crippen LogP contribution in [0.5, 0.6) is 0 Å². The van der Waals surface area contributed by atoms with Gasteiger partial charge in [-0.05, 0) is 45.2 Å². The van der Waals surface area contributed by atoms with E-state index < -0.39 is 12.1 Å². The van der Waals surface area contributed by atoms with E-state index in [0.29, 0.717) is 25.3 Å². The van der Waals surface area contributed by atoms with Gasteiger partial charge >= 0.3 is 6.18 Å². The number of nitrogens with one attached hydrogen (secondary N) is 1. The van der Waals surface area contributed by atoms with Crippen molar-refractivity contribution in [2.75, 3.05) is 19.6 Å². The van der Waals surface area contributed by atoms with Crippen molar-refractivity contribution in [3.8, 4) is 0 Å². The van der Waals surface area contributed by atoms with Gasteiger partial charge in [-0.3, -0.25) is 4.90 Å². The number of nitrogens with zero attached hydrogens (tertiary/aromatic N) is 1. The van der Waals surface area contributed by atoms with E-state index in [1.807, 2.05) is 0 Å². The van der Waals surface area contributed by atoms with Gasteiger partial charge in [-0.15, -0.1) is 0 Å². The molecule has 1 heterocycles. The number of alkyl halides is 3. The van der Waals surface area contributed by atoms with Gasteiger partial charge in [0.05, 0.1) is 5.92 Å². The zero-order chi connectivity index (χ0) is 14.6. The number of hydrogen-bond acceptors (Lipinski definition) is 2. The van der Waals surface area contributed by atoms with E-state index in [4.69, 9.17) is 0 Å². The Hall–Kier alpha value is -0.290. The van der Waals surface area contributed by atoms with Gasteiger partial charge in [0.1, 0.15) is 0 Å². The second kappa shape index (κ2) is 7.12. The van der Waals surface area contributed by atoms with Crippen LogP contribution in [0, 0.1) is 5.92 Å². The molecule has 0 bridgehead atoms. The lowest BCUT2D eigenvalue weighted by atomic mass is 9.84.